The van der Waals surface area contributed by atoms with E-state index in [1.165, 1.54) is 18.3 Å². The summed E-state index contributed by atoms with van der Waals surface area (Å²) in [7, 11) is 0. The monoisotopic (exact) mass is 390 g/mol. The Morgan fingerprint density at radius 2 is 1.55 bits per heavy atom. The SMILES string of the molecule is Fc1ccc(Nc2ccnc(Nc3ccccc3Oc3ccccc3)n2)c(F)c1. The zero-order chi connectivity index (χ0) is 20.1. The molecular weight excluding hydrogens is 374 g/mol. The highest BCUT2D eigenvalue weighted by Gasteiger charge is 2.09. The van der Waals surface area contributed by atoms with E-state index in [9.17, 15) is 8.78 Å². The minimum Gasteiger partial charge on any atom is -0.455 e. The van der Waals surface area contributed by atoms with E-state index in [1.807, 2.05) is 54.6 Å². The van der Waals surface area contributed by atoms with Crippen molar-refractivity contribution in [2.24, 2.45) is 0 Å². The van der Waals surface area contributed by atoms with E-state index in [-0.39, 0.29) is 5.69 Å². The van der Waals surface area contributed by atoms with Crippen LogP contribution >= 0.6 is 0 Å². The summed E-state index contributed by atoms with van der Waals surface area (Å²) in [6.07, 6.45) is 1.53. The van der Waals surface area contributed by atoms with E-state index in [2.05, 4.69) is 20.6 Å². The lowest BCUT2D eigenvalue weighted by Crippen LogP contribution is -2.02. The van der Waals surface area contributed by atoms with E-state index < -0.39 is 11.6 Å². The Kier molecular flexibility index (Phi) is 5.29. The molecule has 3 aromatic carbocycles. The molecule has 0 amide bonds. The highest BCUT2D eigenvalue weighted by molar-refractivity contribution is 5.65. The summed E-state index contributed by atoms with van der Waals surface area (Å²) < 4.78 is 32.9. The van der Waals surface area contributed by atoms with E-state index in [1.54, 1.807) is 6.07 Å². The molecule has 0 radical (unpaired) electrons. The average Bonchev–Trinajstić information content (AvgIpc) is 2.73. The van der Waals surface area contributed by atoms with Crippen LogP contribution in [0.2, 0.25) is 0 Å². The van der Waals surface area contributed by atoms with Gasteiger partial charge in [-0.25, -0.2) is 13.8 Å². The summed E-state index contributed by atoms with van der Waals surface area (Å²) in [6, 6.07) is 21.6. The smallest absolute Gasteiger partial charge is 0.229 e. The van der Waals surface area contributed by atoms with Gasteiger partial charge in [-0.05, 0) is 42.5 Å². The number of hydrogen-bond donors (Lipinski definition) is 2. The molecular formula is C22H16F2N4O. The van der Waals surface area contributed by atoms with Crippen molar-refractivity contribution in [1.29, 1.82) is 0 Å². The van der Waals surface area contributed by atoms with Crippen LogP contribution < -0.4 is 15.4 Å². The average molecular weight is 390 g/mol. The fourth-order valence-electron chi connectivity index (χ4n) is 2.61. The van der Waals surface area contributed by atoms with Gasteiger partial charge in [0, 0.05) is 12.3 Å². The van der Waals surface area contributed by atoms with Crippen LogP contribution in [0.5, 0.6) is 11.5 Å². The number of benzene rings is 3. The second-order valence-corrected chi connectivity index (χ2v) is 6.05. The van der Waals surface area contributed by atoms with Crippen LogP contribution in [-0.2, 0) is 0 Å². The van der Waals surface area contributed by atoms with Crippen molar-refractivity contribution in [2.45, 2.75) is 0 Å². The Balaban J connectivity index is 1.54. The first-order chi connectivity index (χ1) is 14.2. The molecule has 0 aliphatic heterocycles. The number of halogens is 2. The maximum absolute atomic E-state index is 13.9. The van der Waals surface area contributed by atoms with Crippen molar-refractivity contribution in [3.63, 3.8) is 0 Å². The van der Waals surface area contributed by atoms with Gasteiger partial charge in [0.2, 0.25) is 5.95 Å². The van der Waals surface area contributed by atoms with Gasteiger partial charge < -0.3 is 15.4 Å². The highest BCUT2D eigenvalue weighted by atomic mass is 19.1. The Hall–Kier alpha value is -4.00. The standard InChI is InChI=1S/C22H16F2N4O/c23-15-10-11-18(17(24)14-15)26-21-12-13-25-22(28-21)27-19-8-4-5-9-20(19)29-16-6-2-1-3-7-16/h1-14H,(H2,25,26,27,28). The molecule has 144 valence electrons. The summed E-state index contributed by atoms with van der Waals surface area (Å²) in [5.41, 5.74) is 0.783. The Morgan fingerprint density at radius 3 is 2.38 bits per heavy atom. The van der Waals surface area contributed by atoms with Gasteiger partial charge in [-0.15, -0.1) is 0 Å². The lowest BCUT2D eigenvalue weighted by molar-refractivity contribution is 0.485. The third kappa shape index (κ3) is 4.65. The Morgan fingerprint density at radius 1 is 0.759 bits per heavy atom. The van der Waals surface area contributed by atoms with E-state index in [0.29, 0.717) is 29.0 Å². The summed E-state index contributed by atoms with van der Waals surface area (Å²) >= 11 is 0. The lowest BCUT2D eigenvalue weighted by atomic mass is 10.3. The summed E-state index contributed by atoms with van der Waals surface area (Å²) in [6.45, 7) is 0. The minimum atomic E-state index is -0.709. The quantitative estimate of drug-likeness (QED) is 0.421. The molecule has 0 aliphatic rings. The number of aromatic nitrogens is 2. The number of hydrogen-bond acceptors (Lipinski definition) is 5. The third-order valence-electron chi connectivity index (χ3n) is 3.95. The number of nitrogens with one attached hydrogen (secondary N) is 2. The zero-order valence-corrected chi connectivity index (χ0v) is 15.1. The van der Waals surface area contributed by atoms with Crippen molar-refractivity contribution in [1.82, 2.24) is 9.97 Å². The van der Waals surface area contributed by atoms with Gasteiger partial charge in [-0.2, -0.15) is 4.98 Å². The van der Waals surface area contributed by atoms with Crippen molar-refractivity contribution in [3.8, 4) is 11.5 Å². The van der Waals surface area contributed by atoms with Gasteiger partial charge >= 0.3 is 0 Å². The van der Waals surface area contributed by atoms with E-state index in [0.717, 1.165) is 6.07 Å². The number of para-hydroxylation sites is 3. The summed E-state index contributed by atoms with van der Waals surface area (Å²) in [5, 5.41) is 5.92. The number of anilines is 4. The molecule has 4 aromatic rings. The molecule has 0 atom stereocenters. The predicted octanol–water partition coefficient (Wildman–Crippen LogP) is 6.03. The van der Waals surface area contributed by atoms with Crippen LogP contribution in [0.4, 0.5) is 31.9 Å². The van der Waals surface area contributed by atoms with Crippen LogP contribution in [0.15, 0.2) is 85.1 Å². The zero-order valence-electron chi connectivity index (χ0n) is 15.1. The van der Waals surface area contributed by atoms with Crippen molar-refractivity contribution >= 4 is 23.1 Å². The van der Waals surface area contributed by atoms with Crippen LogP contribution in [0.3, 0.4) is 0 Å². The maximum Gasteiger partial charge on any atom is 0.229 e. The first kappa shape index (κ1) is 18.4. The van der Waals surface area contributed by atoms with E-state index >= 15 is 0 Å². The molecule has 29 heavy (non-hydrogen) atoms. The normalized spacial score (nSPS) is 10.4. The predicted molar refractivity (Wildman–Crippen MR) is 108 cm³/mol. The summed E-state index contributed by atoms with van der Waals surface area (Å²) in [5.74, 6) is 0.596. The third-order valence-corrected chi connectivity index (χ3v) is 3.95. The van der Waals surface area contributed by atoms with Crippen LogP contribution in [-0.4, -0.2) is 9.97 Å². The Bertz CT molecular complexity index is 1120. The van der Waals surface area contributed by atoms with Gasteiger partial charge in [0.05, 0.1) is 11.4 Å². The molecule has 5 nitrogen and oxygen atoms in total. The number of nitrogens with zero attached hydrogens (tertiary/aromatic N) is 2. The molecule has 0 saturated carbocycles. The maximum atomic E-state index is 13.9. The van der Waals surface area contributed by atoms with Crippen LogP contribution in [0.1, 0.15) is 0 Å². The molecule has 0 unspecified atom stereocenters. The van der Waals surface area contributed by atoms with Crippen molar-refractivity contribution < 1.29 is 13.5 Å². The fraction of sp³-hybridized carbons (Fsp3) is 0. The molecule has 0 fully saturated rings. The second-order valence-electron chi connectivity index (χ2n) is 6.05. The number of rotatable bonds is 6. The fourth-order valence-corrected chi connectivity index (χ4v) is 2.61. The summed E-state index contributed by atoms with van der Waals surface area (Å²) in [4.78, 5) is 8.52. The first-order valence-electron chi connectivity index (χ1n) is 8.81. The van der Waals surface area contributed by atoms with Gasteiger partial charge in [-0.1, -0.05) is 30.3 Å². The lowest BCUT2D eigenvalue weighted by Gasteiger charge is -2.13. The van der Waals surface area contributed by atoms with Gasteiger partial charge in [0.25, 0.3) is 0 Å². The highest BCUT2D eigenvalue weighted by Crippen LogP contribution is 2.31. The molecule has 1 aromatic heterocycles. The molecule has 0 bridgehead atoms. The van der Waals surface area contributed by atoms with Crippen molar-refractivity contribution in [3.05, 3.63) is 96.7 Å². The first-order valence-corrected chi connectivity index (χ1v) is 8.81. The van der Waals surface area contributed by atoms with Gasteiger partial charge in [0.1, 0.15) is 23.2 Å². The van der Waals surface area contributed by atoms with Gasteiger partial charge in [0.15, 0.2) is 5.75 Å². The molecule has 4 rings (SSSR count). The Labute approximate surface area is 166 Å². The van der Waals surface area contributed by atoms with Crippen molar-refractivity contribution in [2.75, 3.05) is 10.6 Å². The topological polar surface area (TPSA) is 59.1 Å². The molecule has 0 aliphatic carbocycles. The van der Waals surface area contributed by atoms with Crippen LogP contribution in [0, 0.1) is 11.6 Å². The second kappa shape index (κ2) is 8.35. The molecule has 2 N–H and O–H groups in total. The molecule has 1 heterocycles. The molecule has 0 saturated heterocycles. The van der Waals surface area contributed by atoms with E-state index in [4.69, 9.17) is 4.74 Å². The minimum absolute atomic E-state index is 0.115. The molecule has 0 spiro atoms. The van der Waals surface area contributed by atoms with Crippen LogP contribution in [0.25, 0.3) is 0 Å². The van der Waals surface area contributed by atoms with Gasteiger partial charge in [-0.3, -0.25) is 0 Å². The number of ether oxygens (including phenoxy) is 1. The largest absolute Gasteiger partial charge is 0.455 e. The molecule has 7 heteroatoms.